The molecule has 4 aromatic carbocycles. The summed E-state index contributed by atoms with van der Waals surface area (Å²) in [6.07, 6.45) is 14.1. The van der Waals surface area contributed by atoms with Crippen LogP contribution in [0.1, 0.15) is 132 Å². The normalized spacial score (nSPS) is 22.7. The van der Waals surface area contributed by atoms with E-state index in [1.165, 1.54) is 73.6 Å². The van der Waals surface area contributed by atoms with E-state index in [0.717, 1.165) is 74.7 Å². The van der Waals surface area contributed by atoms with Gasteiger partial charge in [-0.25, -0.2) is 0 Å². The number of carbonyl (C=O) groups excluding carboxylic acids is 1. The second-order valence-corrected chi connectivity index (χ2v) is 27.8. The van der Waals surface area contributed by atoms with Gasteiger partial charge in [0, 0.05) is 43.6 Å². The van der Waals surface area contributed by atoms with Gasteiger partial charge in [-0.1, -0.05) is 57.2 Å². The standard InChI is InChI=1S/C34H50INO3Si.C21H26INO/c1-24-21-28(17-20-32(24)38-5)26-13-11-25(12-14-26)23-36(30-10-8-9-29(35)22-30)33(37)27-15-18-31(19-16-27)39-40(6,7)34(2,3)4;1-15-12-18(10-11-21(15)24-2)17-8-6-16(7-9-17)14-23-20-5-3-4-19(22)13-20/h8-10,17,20-22,25-27,31H,11-16,18-19,23H2,1-7H3;3-5,10-13,16-17,23H,6-9,14H2,1-2H3. The summed E-state index contributed by atoms with van der Waals surface area (Å²) in [5.41, 5.74) is 7.68. The van der Waals surface area contributed by atoms with Gasteiger partial charge in [-0.3, -0.25) is 4.79 Å². The van der Waals surface area contributed by atoms with Crippen LogP contribution in [0, 0.1) is 38.7 Å². The molecule has 9 heteroatoms. The van der Waals surface area contributed by atoms with Crippen LogP contribution in [0.15, 0.2) is 84.9 Å². The van der Waals surface area contributed by atoms with Crippen molar-refractivity contribution in [2.24, 2.45) is 17.8 Å². The molecule has 64 heavy (non-hydrogen) atoms. The number of aryl methyl sites for hydroxylation is 2. The molecule has 1 N–H and O–H groups in total. The van der Waals surface area contributed by atoms with Gasteiger partial charge in [-0.15, -0.1) is 0 Å². The second-order valence-electron chi connectivity index (χ2n) is 20.6. The SMILES string of the molecule is COc1ccc(C2CCC(CN(C(=O)C3CCC(O[Si](C)(C)C(C)(C)C)CC3)c3cccc(I)c3)CC2)cc1C.COc1ccc(C2CCC(CNc3cccc(I)c3)CC2)cc1C. The predicted molar refractivity (Wildman–Crippen MR) is 288 cm³/mol. The summed E-state index contributed by atoms with van der Waals surface area (Å²) < 4.78 is 20.0. The third-order valence-corrected chi connectivity index (χ3v) is 20.9. The van der Waals surface area contributed by atoms with E-state index in [2.05, 4.69) is 188 Å². The molecule has 0 heterocycles. The predicted octanol–water partition coefficient (Wildman–Crippen LogP) is 15.5. The van der Waals surface area contributed by atoms with E-state index in [1.54, 1.807) is 14.2 Å². The van der Waals surface area contributed by atoms with Gasteiger partial charge in [-0.05, 0) is 249 Å². The number of benzene rings is 4. The monoisotopic (exact) mass is 1110 g/mol. The van der Waals surface area contributed by atoms with Crippen LogP contribution in [0.5, 0.6) is 11.5 Å². The van der Waals surface area contributed by atoms with Gasteiger partial charge >= 0.3 is 0 Å². The minimum absolute atomic E-state index is 0.0933. The Morgan fingerprint density at radius 2 is 1.19 bits per heavy atom. The third kappa shape index (κ3) is 14.0. The maximum absolute atomic E-state index is 14.1. The summed E-state index contributed by atoms with van der Waals surface area (Å²) in [4.78, 5) is 16.2. The van der Waals surface area contributed by atoms with E-state index in [-0.39, 0.29) is 11.0 Å². The van der Waals surface area contributed by atoms with Crippen LogP contribution in [0.4, 0.5) is 11.4 Å². The van der Waals surface area contributed by atoms with Gasteiger partial charge in [0.05, 0.1) is 14.2 Å². The van der Waals surface area contributed by atoms with Crippen molar-refractivity contribution in [3.8, 4) is 11.5 Å². The highest BCUT2D eigenvalue weighted by Crippen LogP contribution is 2.42. The quantitative estimate of drug-likeness (QED) is 0.107. The molecule has 0 radical (unpaired) electrons. The first-order valence-electron chi connectivity index (χ1n) is 24.1. The number of methoxy groups -OCH3 is 2. The van der Waals surface area contributed by atoms with E-state index in [1.807, 2.05) is 0 Å². The van der Waals surface area contributed by atoms with Crippen LogP contribution >= 0.6 is 45.2 Å². The van der Waals surface area contributed by atoms with E-state index in [9.17, 15) is 4.79 Å². The highest BCUT2D eigenvalue weighted by Gasteiger charge is 2.41. The number of rotatable bonds is 13. The van der Waals surface area contributed by atoms with Gasteiger partial charge in [0.25, 0.3) is 0 Å². The summed E-state index contributed by atoms with van der Waals surface area (Å²) in [7, 11) is 1.69. The molecule has 0 unspecified atom stereocenters. The van der Waals surface area contributed by atoms with Crippen molar-refractivity contribution in [1.82, 2.24) is 0 Å². The number of halogens is 2. The Balaban J connectivity index is 0.000000241. The van der Waals surface area contributed by atoms with Crippen LogP contribution in [-0.2, 0) is 9.22 Å². The number of carbonyl (C=O) groups is 1. The van der Waals surface area contributed by atoms with Crippen molar-refractivity contribution in [2.45, 2.75) is 148 Å². The van der Waals surface area contributed by atoms with E-state index < -0.39 is 8.32 Å². The van der Waals surface area contributed by atoms with Crippen LogP contribution in [0.2, 0.25) is 18.1 Å². The summed E-state index contributed by atoms with van der Waals surface area (Å²) in [6, 6.07) is 30.5. The number of nitrogens with zero attached hydrogens (tertiary/aromatic N) is 1. The number of nitrogens with one attached hydrogen (secondary N) is 1. The third-order valence-electron chi connectivity index (χ3n) is 15.0. The van der Waals surface area contributed by atoms with E-state index in [4.69, 9.17) is 13.9 Å². The summed E-state index contributed by atoms with van der Waals surface area (Å²) in [5, 5.41) is 3.83. The van der Waals surface area contributed by atoms with Crippen LogP contribution in [0.25, 0.3) is 0 Å². The molecule has 6 nitrogen and oxygen atoms in total. The highest BCUT2D eigenvalue weighted by molar-refractivity contribution is 14.1. The topological polar surface area (TPSA) is 60.0 Å². The molecule has 3 aliphatic rings. The van der Waals surface area contributed by atoms with Crippen molar-refractivity contribution in [2.75, 3.05) is 37.5 Å². The van der Waals surface area contributed by atoms with Crippen molar-refractivity contribution in [3.63, 3.8) is 0 Å². The Labute approximate surface area is 415 Å². The molecule has 0 atom stereocenters. The maximum atomic E-state index is 14.1. The Kier molecular flexibility index (Phi) is 18.6. The van der Waals surface area contributed by atoms with Gasteiger partial charge in [0.1, 0.15) is 11.5 Å². The van der Waals surface area contributed by atoms with Crippen LogP contribution in [0.3, 0.4) is 0 Å². The van der Waals surface area contributed by atoms with Gasteiger partial charge < -0.3 is 24.1 Å². The fourth-order valence-electron chi connectivity index (χ4n) is 10.0. The lowest BCUT2D eigenvalue weighted by molar-refractivity contribution is -0.124. The minimum atomic E-state index is -1.79. The van der Waals surface area contributed by atoms with Crippen LogP contribution in [-0.4, -0.2) is 47.6 Å². The molecule has 0 saturated heterocycles. The highest BCUT2D eigenvalue weighted by atomic mass is 127. The van der Waals surface area contributed by atoms with Crippen LogP contribution < -0.4 is 19.7 Å². The zero-order valence-corrected chi connectivity index (χ0v) is 45.6. The van der Waals surface area contributed by atoms with E-state index >= 15 is 0 Å². The molecule has 3 saturated carbocycles. The number of amides is 1. The average Bonchev–Trinajstić information content (AvgIpc) is 3.27. The lowest BCUT2D eigenvalue weighted by atomic mass is 9.78. The number of ether oxygens (including phenoxy) is 2. The lowest BCUT2D eigenvalue weighted by Crippen LogP contribution is -2.46. The fourth-order valence-corrected chi connectivity index (χ4v) is 12.5. The first-order valence-corrected chi connectivity index (χ1v) is 29.1. The lowest BCUT2D eigenvalue weighted by Gasteiger charge is -2.41. The van der Waals surface area contributed by atoms with Crippen molar-refractivity contribution in [1.29, 1.82) is 0 Å². The average molecular weight is 1110 g/mol. The summed E-state index contributed by atoms with van der Waals surface area (Å²) in [6.45, 7) is 17.8. The molecule has 7 rings (SSSR count). The molecule has 3 fully saturated rings. The van der Waals surface area contributed by atoms with Crippen molar-refractivity contribution >= 4 is 70.8 Å². The fraction of sp³-hybridized carbons (Fsp3) is 0.545. The first-order chi connectivity index (χ1) is 30.5. The number of hydrogen-bond acceptors (Lipinski definition) is 5. The molecular weight excluding hydrogens is 1030 g/mol. The number of anilines is 2. The van der Waals surface area contributed by atoms with Crippen molar-refractivity contribution < 1.29 is 18.7 Å². The zero-order chi connectivity index (χ0) is 46.0. The second kappa shape index (κ2) is 23.4. The Bertz CT molecular complexity index is 2110. The minimum Gasteiger partial charge on any atom is -0.496 e. The van der Waals surface area contributed by atoms with Gasteiger partial charge in [-0.2, -0.15) is 0 Å². The van der Waals surface area contributed by atoms with Crippen molar-refractivity contribution in [3.05, 3.63) is 114 Å². The molecule has 4 aromatic rings. The molecule has 0 aromatic heterocycles. The maximum Gasteiger partial charge on any atom is 0.230 e. The Hall–Kier alpha value is -2.61. The van der Waals surface area contributed by atoms with Gasteiger partial charge in [0.15, 0.2) is 8.32 Å². The largest absolute Gasteiger partial charge is 0.496 e. The Morgan fingerprint density at radius 3 is 1.67 bits per heavy atom. The summed E-state index contributed by atoms with van der Waals surface area (Å²) in [5.74, 6) is 5.01. The smallest absolute Gasteiger partial charge is 0.230 e. The number of hydrogen-bond donors (Lipinski definition) is 1. The summed E-state index contributed by atoms with van der Waals surface area (Å²) >= 11 is 4.73. The Morgan fingerprint density at radius 1 is 0.672 bits per heavy atom. The first kappa shape index (κ1) is 50.8. The molecule has 348 valence electrons. The molecule has 0 aliphatic heterocycles. The van der Waals surface area contributed by atoms with E-state index in [0.29, 0.717) is 29.8 Å². The zero-order valence-electron chi connectivity index (χ0n) is 40.3. The molecule has 0 bridgehead atoms. The van der Waals surface area contributed by atoms with Gasteiger partial charge in [0.2, 0.25) is 5.91 Å². The molecule has 3 aliphatic carbocycles. The molecular formula is C55H76I2N2O4Si. The molecule has 1 amide bonds. The molecule has 0 spiro atoms.